The first-order valence-electron chi connectivity index (χ1n) is 6.86. The molecule has 2 aromatic carbocycles. The minimum absolute atomic E-state index is 0.365. The van der Waals surface area contributed by atoms with Crippen molar-refractivity contribution in [3.63, 3.8) is 0 Å². The number of benzene rings is 2. The Bertz CT molecular complexity index is 833. The van der Waals surface area contributed by atoms with E-state index in [4.69, 9.17) is 10.2 Å². The zero-order chi connectivity index (χ0) is 16.8. The maximum Gasteiger partial charge on any atom is 0.414 e. The zero-order valence-electron chi connectivity index (χ0n) is 12.8. The van der Waals surface area contributed by atoms with Crippen LogP contribution in [0.25, 0.3) is 11.5 Å². The van der Waals surface area contributed by atoms with Crippen LogP contribution in [0.1, 0.15) is 21.5 Å². The Labute approximate surface area is 137 Å². The van der Waals surface area contributed by atoms with Crippen molar-refractivity contribution in [3.8, 4) is 11.5 Å². The van der Waals surface area contributed by atoms with Gasteiger partial charge in [-0.25, -0.2) is 4.79 Å². The van der Waals surface area contributed by atoms with Gasteiger partial charge in [-0.3, -0.25) is 4.79 Å². The Morgan fingerprint density at radius 3 is 1.96 bits per heavy atom. The number of primary amides is 1. The van der Waals surface area contributed by atoms with Crippen LogP contribution >= 0.6 is 11.5 Å². The van der Waals surface area contributed by atoms with E-state index in [2.05, 4.69) is 4.37 Å². The minimum Gasteiger partial charge on any atom is -0.394 e. The van der Waals surface area contributed by atoms with Crippen molar-refractivity contribution < 1.29 is 9.21 Å². The molecule has 1 amide bonds. The highest BCUT2D eigenvalue weighted by molar-refractivity contribution is 7.02. The van der Waals surface area contributed by atoms with Crippen LogP contribution in [0.3, 0.4) is 0 Å². The number of rotatable bonds is 2. The summed E-state index contributed by atoms with van der Waals surface area (Å²) in [6.07, 6.45) is 0. The van der Waals surface area contributed by atoms with Gasteiger partial charge in [0, 0.05) is 11.1 Å². The van der Waals surface area contributed by atoms with Crippen LogP contribution in [0.5, 0.6) is 0 Å². The fraction of sp³-hybridized carbons (Fsp3) is 0.118. The molecule has 0 saturated carbocycles. The maximum absolute atomic E-state index is 10.7. The highest BCUT2D eigenvalue weighted by Crippen LogP contribution is 2.16. The van der Waals surface area contributed by atoms with Gasteiger partial charge in [0.15, 0.2) is 0 Å². The topological polar surface area (TPSA) is 86.2 Å². The zero-order valence-corrected chi connectivity index (χ0v) is 13.6. The molecule has 5 nitrogen and oxygen atoms in total. The number of hydrogen-bond donors (Lipinski definition) is 1. The van der Waals surface area contributed by atoms with Crippen LogP contribution in [0, 0.1) is 13.8 Å². The molecule has 23 heavy (non-hydrogen) atoms. The van der Waals surface area contributed by atoms with Crippen molar-refractivity contribution in [1.29, 1.82) is 0 Å². The van der Waals surface area contributed by atoms with Crippen LogP contribution in [-0.2, 0) is 0 Å². The van der Waals surface area contributed by atoms with Crippen LogP contribution in [0.2, 0.25) is 0 Å². The predicted molar refractivity (Wildman–Crippen MR) is 90.5 cm³/mol. The van der Waals surface area contributed by atoms with E-state index in [9.17, 15) is 9.59 Å². The summed E-state index contributed by atoms with van der Waals surface area (Å²) in [7, 11) is 0. The van der Waals surface area contributed by atoms with Crippen LogP contribution in [-0.4, -0.2) is 10.3 Å². The Morgan fingerprint density at radius 2 is 1.52 bits per heavy atom. The van der Waals surface area contributed by atoms with Crippen molar-refractivity contribution >= 4 is 17.4 Å². The Morgan fingerprint density at radius 1 is 1.00 bits per heavy atom. The molecule has 2 N–H and O–H groups in total. The van der Waals surface area contributed by atoms with E-state index >= 15 is 0 Å². The molecule has 1 heterocycles. The van der Waals surface area contributed by atoms with Gasteiger partial charge >= 0.3 is 4.94 Å². The lowest BCUT2D eigenvalue weighted by molar-refractivity contribution is 0.100. The molecule has 118 valence electrons. The molecule has 0 fully saturated rings. The Balaban J connectivity index is 0.000000174. The van der Waals surface area contributed by atoms with Crippen molar-refractivity contribution in [2.24, 2.45) is 5.73 Å². The molecular formula is C17H16N2O3S. The molecule has 0 bridgehead atoms. The third kappa shape index (κ3) is 4.89. The molecule has 0 radical (unpaired) electrons. The summed E-state index contributed by atoms with van der Waals surface area (Å²) in [5.74, 6) is 0.0231. The van der Waals surface area contributed by atoms with Gasteiger partial charge < -0.3 is 10.2 Å². The molecule has 3 aromatic rings. The van der Waals surface area contributed by atoms with Crippen molar-refractivity contribution in [1.82, 2.24) is 4.37 Å². The van der Waals surface area contributed by atoms with Gasteiger partial charge in [-0.05, 0) is 38.1 Å². The number of nitrogens with zero attached hydrogens (tertiary/aromatic N) is 1. The quantitative estimate of drug-likeness (QED) is 0.783. The maximum atomic E-state index is 10.7. The lowest BCUT2D eigenvalue weighted by Gasteiger charge is -1.94. The van der Waals surface area contributed by atoms with Crippen LogP contribution < -0.4 is 10.7 Å². The van der Waals surface area contributed by atoms with E-state index < -0.39 is 0 Å². The molecule has 0 saturated heterocycles. The fourth-order valence-corrected chi connectivity index (χ4v) is 2.14. The lowest BCUT2D eigenvalue weighted by atomic mass is 10.1. The first kappa shape index (κ1) is 16.6. The normalized spacial score (nSPS) is 9.83. The molecular weight excluding hydrogens is 312 g/mol. The van der Waals surface area contributed by atoms with E-state index in [0.717, 1.165) is 22.7 Å². The van der Waals surface area contributed by atoms with Crippen LogP contribution in [0.4, 0.5) is 0 Å². The summed E-state index contributed by atoms with van der Waals surface area (Å²) < 4.78 is 8.74. The van der Waals surface area contributed by atoms with Gasteiger partial charge in [0.25, 0.3) is 0 Å². The monoisotopic (exact) mass is 328 g/mol. The standard InChI is InChI=1S/C9H7NO2S.C8H9NO/c1-6-2-4-7(5-3-6)8-10-13-9(11)12-8;1-6-2-4-7(5-3-6)8(9)10/h2-5H,1H3;2-5H,1H3,(H2,9,10). The highest BCUT2D eigenvalue weighted by Gasteiger charge is 2.03. The van der Waals surface area contributed by atoms with E-state index in [1.807, 2.05) is 50.2 Å². The average Bonchev–Trinajstić information content (AvgIpc) is 2.96. The molecule has 0 atom stereocenters. The number of aromatic nitrogens is 1. The molecule has 1 aromatic heterocycles. The Kier molecular flexibility index (Phi) is 5.43. The first-order valence-corrected chi connectivity index (χ1v) is 7.63. The van der Waals surface area contributed by atoms with E-state index in [1.165, 1.54) is 5.56 Å². The second kappa shape index (κ2) is 7.51. The number of carbonyl (C=O) groups excluding carboxylic acids is 1. The summed E-state index contributed by atoms with van der Waals surface area (Å²) in [4.78, 5) is 20.9. The van der Waals surface area contributed by atoms with Gasteiger partial charge in [0.2, 0.25) is 11.8 Å². The summed E-state index contributed by atoms with van der Waals surface area (Å²) in [6, 6.07) is 14.8. The third-order valence-electron chi connectivity index (χ3n) is 3.02. The molecule has 0 aliphatic carbocycles. The first-order chi connectivity index (χ1) is 11.0. The summed E-state index contributed by atoms with van der Waals surface area (Å²) in [5.41, 5.74) is 8.72. The van der Waals surface area contributed by atoms with E-state index in [-0.39, 0.29) is 10.8 Å². The number of nitrogens with two attached hydrogens (primary N) is 1. The van der Waals surface area contributed by atoms with Crippen molar-refractivity contribution in [2.45, 2.75) is 13.8 Å². The van der Waals surface area contributed by atoms with E-state index in [1.54, 1.807) is 12.1 Å². The molecule has 6 heteroatoms. The second-order valence-corrected chi connectivity index (χ2v) is 5.63. The number of aryl methyl sites for hydroxylation is 2. The molecule has 0 aliphatic heterocycles. The summed E-state index contributed by atoms with van der Waals surface area (Å²) >= 11 is 0.831. The highest BCUT2D eigenvalue weighted by atomic mass is 32.1. The SMILES string of the molecule is Cc1ccc(-c2nsc(=O)o2)cc1.Cc1ccc(C(N)=O)cc1. The lowest BCUT2D eigenvalue weighted by Crippen LogP contribution is -2.10. The fourth-order valence-electron chi connectivity index (χ4n) is 1.72. The van der Waals surface area contributed by atoms with Gasteiger partial charge in [-0.2, -0.15) is 0 Å². The van der Waals surface area contributed by atoms with Crippen molar-refractivity contribution in [2.75, 3.05) is 0 Å². The number of hydrogen-bond acceptors (Lipinski definition) is 5. The Hall–Kier alpha value is -2.73. The summed E-state index contributed by atoms with van der Waals surface area (Å²) in [6.45, 7) is 3.96. The number of carbonyl (C=O) groups is 1. The van der Waals surface area contributed by atoms with Gasteiger partial charge in [-0.15, -0.1) is 4.37 Å². The smallest absolute Gasteiger partial charge is 0.394 e. The summed E-state index contributed by atoms with van der Waals surface area (Å²) in [5, 5.41) is 0. The molecule has 3 rings (SSSR count). The second-order valence-electron chi connectivity index (χ2n) is 4.94. The van der Waals surface area contributed by atoms with Crippen molar-refractivity contribution in [3.05, 3.63) is 75.0 Å². The third-order valence-corrected chi connectivity index (χ3v) is 3.51. The molecule has 0 unspecified atom stereocenters. The number of amides is 1. The van der Waals surface area contributed by atoms with Gasteiger partial charge in [0.1, 0.15) is 0 Å². The molecule has 0 aliphatic rings. The molecule has 0 spiro atoms. The van der Waals surface area contributed by atoms with Gasteiger partial charge in [-0.1, -0.05) is 35.4 Å². The van der Waals surface area contributed by atoms with Gasteiger partial charge in [0.05, 0.1) is 11.5 Å². The van der Waals surface area contributed by atoms with E-state index in [0.29, 0.717) is 11.5 Å². The largest absolute Gasteiger partial charge is 0.414 e. The minimum atomic E-state index is -0.375. The average molecular weight is 328 g/mol. The predicted octanol–water partition coefficient (Wildman–Crippen LogP) is 3.17. The van der Waals surface area contributed by atoms with Crippen LogP contribution in [0.15, 0.2) is 57.7 Å².